The molecule has 7 heteroatoms. The zero-order valence-electron chi connectivity index (χ0n) is 11.6. The number of nitrogens with one attached hydrogen (secondary N) is 2. The highest BCUT2D eigenvalue weighted by atomic mass is 16.4. The predicted octanol–water partition coefficient (Wildman–Crippen LogP) is 0.0637. The molecule has 1 atom stereocenters. The van der Waals surface area contributed by atoms with Crippen molar-refractivity contribution < 1.29 is 19.8 Å². The van der Waals surface area contributed by atoms with Crippen LogP contribution in [0, 0.1) is 0 Å². The molecule has 1 heterocycles. The maximum atomic E-state index is 11.9. The van der Waals surface area contributed by atoms with Crippen LogP contribution < -0.4 is 10.9 Å². The number of amides is 1. The number of carboxylic acids is 1. The quantitative estimate of drug-likeness (QED) is 0.609. The van der Waals surface area contributed by atoms with Crippen molar-refractivity contribution >= 4 is 11.9 Å². The van der Waals surface area contributed by atoms with Crippen molar-refractivity contribution in [2.24, 2.45) is 0 Å². The second kappa shape index (κ2) is 5.87. The maximum absolute atomic E-state index is 11.9. The number of aromatic nitrogens is 1. The number of carboxylic acid groups (broad SMARTS) is 1. The summed E-state index contributed by atoms with van der Waals surface area (Å²) in [5, 5.41) is 20.5. The van der Waals surface area contributed by atoms with Crippen LogP contribution in [0.5, 0.6) is 0 Å². The molecule has 1 unspecified atom stereocenters. The number of aliphatic hydroxyl groups is 1. The molecular formula is C13H18N2O5. The average Bonchev–Trinajstić information content (AvgIpc) is 2.35. The first-order chi connectivity index (χ1) is 9.13. The van der Waals surface area contributed by atoms with Crippen LogP contribution in [-0.2, 0) is 4.79 Å². The van der Waals surface area contributed by atoms with Crippen LogP contribution in [0.4, 0.5) is 0 Å². The maximum Gasteiger partial charge on any atom is 0.337 e. The van der Waals surface area contributed by atoms with E-state index in [0.717, 1.165) is 13.0 Å². The minimum atomic E-state index is -2.06. The summed E-state index contributed by atoms with van der Waals surface area (Å²) >= 11 is 0. The Morgan fingerprint density at radius 3 is 2.50 bits per heavy atom. The van der Waals surface area contributed by atoms with Crippen molar-refractivity contribution in [3.8, 4) is 0 Å². The fraction of sp³-hybridized carbons (Fsp3) is 0.462. The smallest absolute Gasteiger partial charge is 0.337 e. The second-order valence-corrected chi connectivity index (χ2v) is 5.10. The molecule has 1 rings (SSSR count). The third kappa shape index (κ3) is 3.92. The summed E-state index contributed by atoms with van der Waals surface area (Å²) in [6.45, 7) is 4.35. The van der Waals surface area contributed by atoms with E-state index in [1.165, 1.54) is 6.07 Å². The Morgan fingerprint density at radius 1 is 1.40 bits per heavy atom. The summed E-state index contributed by atoms with van der Waals surface area (Å²) in [7, 11) is 0. The van der Waals surface area contributed by atoms with E-state index < -0.39 is 29.6 Å². The van der Waals surface area contributed by atoms with E-state index in [1.807, 2.05) is 13.8 Å². The Bertz CT molecular complexity index is 574. The highest BCUT2D eigenvalue weighted by molar-refractivity contribution is 5.94. The molecule has 7 nitrogen and oxygen atoms in total. The number of aliphatic carboxylic acids is 1. The van der Waals surface area contributed by atoms with Gasteiger partial charge in [0.05, 0.1) is 6.54 Å². The van der Waals surface area contributed by atoms with Crippen LogP contribution >= 0.6 is 0 Å². The molecule has 0 saturated heterocycles. The fourth-order valence-electron chi connectivity index (χ4n) is 1.44. The van der Waals surface area contributed by atoms with Crippen LogP contribution in [-0.4, -0.2) is 39.2 Å². The van der Waals surface area contributed by atoms with E-state index in [-0.39, 0.29) is 11.5 Å². The molecule has 0 aliphatic heterocycles. The number of pyridine rings is 1. The van der Waals surface area contributed by atoms with Gasteiger partial charge >= 0.3 is 5.97 Å². The molecule has 1 aromatic heterocycles. The largest absolute Gasteiger partial charge is 0.479 e. The van der Waals surface area contributed by atoms with Crippen molar-refractivity contribution in [3.63, 3.8) is 0 Å². The fourth-order valence-corrected chi connectivity index (χ4v) is 1.44. The standard InChI is InChI=1S/C13H18N2O5/c1-7(2)9-4-8(5-10(16)15-9)11(17)14-6-13(3,20)12(18)19/h4-5,7,20H,6H2,1-3H3,(H,14,17)(H,15,16)(H,18,19). The molecular weight excluding hydrogens is 264 g/mol. The molecule has 0 fully saturated rings. The normalized spacial score (nSPS) is 13.8. The average molecular weight is 282 g/mol. The van der Waals surface area contributed by atoms with Crippen molar-refractivity contribution in [3.05, 3.63) is 33.7 Å². The topological polar surface area (TPSA) is 119 Å². The summed E-state index contributed by atoms with van der Waals surface area (Å²) in [4.78, 5) is 36.6. The van der Waals surface area contributed by atoms with Gasteiger partial charge in [-0.05, 0) is 18.9 Å². The Hall–Kier alpha value is -2.15. The number of aromatic amines is 1. The Morgan fingerprint density at radius 2 is 2.00 bits per heavy atom. The van der Waals surface area contributed by atoms with Crippen molar-refractivity contribution in [1.29, 1.82) is 0 Å². The molecule has 110 valence electrons. The van der Waals surface area contributed by atoms with Gasteiger partial charge in [0.25, 0.3) is 5.91 Å². The summed E-state index contributed by atoms with van der Waals surface area (Å²) in [5.74, 6) is -2.01. The molecule has 1 aromatic rings. The van der Waals surface area contributed by atoms with Gasteiger partial charge in [-0.2, -0.15) is 0 Å². The minimum absolute atomic E-state index is 0.0394. The third-order valence-corrected chi connectivity index (χ3v) is 2.80. The molecule has 0 spiro atoms. The molecule has 0 radical (unpaired) electrons. The molecule has 1 amide bonds. The molecule has 4 N–H and O–H groups in total. The first kappa shape index (κ1) is 15.9. The monoisotopic (exact) mass is 282 g/mol. The summed E-state index contributed by atoms with van der Waals surface area (Å²) in [5.41, 5.74) is -1.74. The van der Waals surface area contributed by atoms with Crippen molar-refractivity contribution in [2.75, 3.05) is 6.54 Å². The van der Waals surface area contributed by atoms with Crippen LogP contribution in [0.3, 0.4) is 0 Å². The summed E-state index contributed by atoms with van der Waals surface area (Å²) in [6.07, 6.45) is 0. The van der Waals surface area contributed by atoms with Gasteiger partial charge in [0.15, 0.2) is 5.60 Å². The third-order valence-electron chi connectivity index (χ3n) is 2.80. The van der Waals surface area contributed by atoms with E-state index in [2.05, 4.69) is 10.3 Å². The van der Waals surface area contributed by atoms with Crippen molar-refractivity contribution in [2.45, 2.75) is 32.3 Å². The van der Waals surface area contributed by atoms with E-state index in [9.17, 15) is 19.5 Å². The van der Waals surface area contributed by atoms with Gasteiger partial charge in [-0.1, -0.05) is 13.8 Å². The van der Waals surface area contributed by atoms with Gasteiger partial charge in [0, 0.05) is 17.3 Å². The van der Waals surface area contributed by atoms with Crippen LogP contribution in [0.25, 0.3) is 0 Å². The van der Waals surface area contributed by atoms with Gasteiger partial charge in [-0.3, -0.25) is 9.59 Å². The van der Waals surface area contributed by atoms with Crippen LogP contribution in [0.2, 0.25) is 0 Å². The molecule has 0 bridgehead atoms. The summed E-state index contributed by atoms with van der Waals surface area (Å²) in [6, 6.07) is 2.65. The van der Waals surface area contributed by atoms with E-state index >= 15 is 0 Å². The molecule has 0 aliphatic carbocycles. The number of hydrogen-bond acceptors (Lipinski definition) is 4. The second-order valence-electron chi connectivity index (χ2n) is 5.10. The number of rotatable bonds is 5. The van der Waals surface area contributed by atoms with Crippen molar-refractivity contribution in [1.82, 2.24) is 10.3 Å². The first-order valence-corrected chi connectivity index (χ1v) is 6.11. The van der Waals surface area contributed by atoms with Gasteiger partial charge in [-0.25, -0.2) is 4.79 Å². The van der Waals surface area contributed by atoms with Gasteiger partial charge in [0.1, 0.15) is 0 Å². The van der Waals surface area contributed by atoms with Crippen LogP contribution in [0.1, 0.15) is 42.7 Å². The van der Waals surface area contributed by atoms with Gasteiger partial charge < -0.3 is 20.5 Å². The lowest BCUT2D eigenvalue weighted by atomic mass is 10.1. The van der Waals surface area contributed by atoms with Crippen LogP contribution in [0.15, 0.2) is 16.9 Å². The van der Waals surface area contributed by atoms with Gasteiger partial charge in [-0.15, -0.1) is 0 Å². The summed E-state index contributed by atoms with van der Waals surface area (Å²) < 4.78 is 0. The molecule has 0 aliphatic rings. The zero-order valence-corrected chi connectivity index (χ0v) is 11.6. The minimum Gasteiger partial charge on any atom is -0.479 e. The van der Waals surface area contributed by atoms with E-state index in [0.29, 0.717) is 5.69 Å². The SMILES string of the molecule is CC(C)c1cc(C(=O)NCC(C)(O)C(=O)O)cc(=O)[nH]1. The molecule has 20 heavy (non-hydrogen) atoms. The zero-order chi connectivity index (χ0) is 15.5. The van der Waals surface area contributed by atoms with Gasteiger partial charge in [0.2, 0.25) is 5.56 Å². The lowest BCUT2D eigenvalue weighted by Crippen LogP contribution is -2.46. The molecule has 0 saturated carbocycles. The Balaban J connectivity index is 2.88. The lowest BCUT2D eigenvalue weighted by molar-refractivity contribution is -0.155. The highest BCUT2D eigenvalue weighted by Gasteiger charge is 2.30. The highest BCUT2D eigenvalue weighted by Crippen LogP contribution is 2.11. The number of carbonyl (C=O) groups excluding carboxylic acids is 1. The lowest BCUT2D eigenvalue weighted by Gasteiger charge is -2.18. The van der Waals surface area contributed by atoms with E-state index in [1.54, 1.807) is 0 Å². The number of H-pyrrole nitrogens is 1. The number of carbonyl (C=O) groups is 2. The number of hydrogen-bond donors (Lipinski definition) is 4. The predicted molar refractivity (Wildman–Crippen MR) is 71.7 cm³/mol. The Kier molecular flexibility index (Phi) is 4.67. The first-order valence-electron chi connectivity index (χ1n) is 6.11. The Labute approximate surface area is 115 Å². The molecule has 0 aromatic carbocycles. The van der Waals surface area contributed by atoms with E-state index in [4.69, 9.17) is 5.11 Å².